The lowest BCUT2D eigenvalue weighted by Gasteiger charge is -2.36. The zero-order valence-corrected chi connectivity index (χ0v) is 23.2. The highest BCUT2D eigenvalue weighted by Crippen LogP contribution is 2.45. The lowest BCUT2D eigenvalue weighted by atomic mass is 9.88. The van der Waals surface area contributed by atoms with Crippen LogP contribution in [0, 0.1) is 0 Å². The molecule has 0 radical (unpaired) electrons. The molecule has 196 valence electrons. The molecule has 2 aliphatic heterocycles. The molecule has 2 saturated heterocycles. The Morgan fingerprint density at radius 2 is 1.38 bits per heavy atom. The summed E-state index contributed by atoms with van der Waals surface area (Å²) < 4.78 is 12.9. The molecule has 4 nitrogen and oxygen atoms in total. The second-order valence-electron chi connectivity index (χ2n) is 12.1. The van der Waals surface area contributed by atoms with Gasteiger partial charge in [-0.25, -0.2) is 0 Å². The Hall–Kier alpha value is -0.940. The lowest BCUT2D eigenvalue weighted by molar-refractivity contribution is -0.184. The van der Waals surface area contributed by atoms with Crippen LogP contribution < -0.4 is 0 Å². The second kappa shape index (κ2) is 12.3. The van der Waals surface area contributed by atoms with Crippen LogP contribution in [0.5, 0.6) is 0 Å². The minimum atomic E-state index is -0.852. The molecule has 2 heterocycles. The Kier molecular flexibility index (Phi) is 10.6. The molecule has 2 rings (SSSR count). The Bertz CT molecular complexity index is 737. The first-order valence-electron chi connectivity index (χ1n) is 13.5. The van der Waals surface area contributed by atoms with Crippen LogP contribution in [0.4, 0.5) is 0 Å². The van der Waals surface area contributed by atoms with Crippen molar-refractivity contribution < 1.29 is 19.7 Å². The van der Waals surface area contributed by atoms with Crippen LogP contribution in [0.1, 0.15) is 120 Å². The van der Waals surface area contributed by atoms with Crippen LogP contribution in [0.25, 0.3) is 0 Å². The van der Waals surface area contributed by atoms with E-state index in [0.717, 1.165) is 51.4 Å². The van der Waals surface area contributed by atoms with Gasteiger partial charge in [0.05, 0.1) is 35.1 Å². The van der Waals surface area contributed by atoms with Crippen molar-refractivity contribution in [2.45, 2.75) is 155 Å². The molecular weight excluding hydrogens is 424 g/mol. The number of rotatable bonds is 12. The van der Waals surface area contributed by atoms with Gasteiger partial charge in [0.15, 0.2) is 0 Å². The van der Waals surface area contributed by atoms with Crippen molar-refractivity contribution in [2.24, 2.45) is 0 Å². The van der Waals surface area contributed by atoms with Crippen molar-refractivity contribution >= 4 is 0 Å². The van der Waals surface area contributed by atoms with Crippen LogP contribution in [-0.2, 0) is 9.47 Å². The van der Waals surface area contributed by atoms with Crippen LogP contribution in [0.3, 0.4) is 0 Å². The molecule has 0 aromatic rings. The number of hydrogen-bond acceptors (Lipinski definition) is 4. The zero-order chi connectivity index (χ0) is 25.6. The average molecular weight is 477 g/mol. The van der Waals surface area contributed by atoms with Gasteiger partial charge in [-0.3, -0.25) is 0 Å². The largest absolute Gasteiger partial charge is 0.387 e. The molecule has 2 aliphatic rings. The quantitative estimate of drug-likeness (QED) is 0.293. The van der Waals surface area contributed by atoms with Gasteiger partial charge in [0.25, 0.3) is 0 Å². The van der Waals surface area contributed by atoms with E-state index in [1.165, 1.54) is 16.7 Å². The highest BCUT2D eigenvalue weighted by molar-refractivity contribution is 5.05. The first kappa shape index (κ1) is 29.3. The fourth-order valence-corrected chi connectivity index (χ4v) is 5.36. The van der Waals surface area contributed by atoms with Crippen LogP contribution in [-0.4, -0.2) is 45.3 Å². The second-order valence-corrected chi connectivity index (χ2v) is 12.1. The molecule has 4 heteroatoms. The van der Waals surface area contributed by atoms with E-state index in [0.29, 0.717) is 12.8 Å². The molecule has 0 aliphatic carbocycles. The normalized spacial score (nSPS) is 31.1. The molecule has 2 N–H and O–H groups in total. The van der Waals surface area contributed by atoms with Gasteiger partial charge >= 0.3 is 0 Å². The average Bonchev–Trinajstić information content (AvgIpc) is 3.36. The summed E-state index contributed by atoms with van der Waals surface area (Å²) in [4.78, 5) is 0. The molecular formula is C30H52O4. The van der Waals surface area contributed by atoms with E-state index in [4.69, 9.17) is 9.47 Å². The van der Waals surface area contributed by atoms with Gasteiger partial charge in [-0.2, -0.15) is 0 Å². The van der Waals surface area contributed by atoms with Gasteiger partial charge in [0.1, 0.15) is 0 Å². The third-order valence-electron chi connectivity index (χ3n) is 7.84. The van der Waals surface area contributed by atoms with Crippen molar-refractivity contribution in [3.05, 3.63) is 34.9 Å². The molecule has 2 fully saturated rings. The molecule has 0 unspecified atom stereocenters. The fourth-order valence-electron chi connectivity index (χ4n) is 5.36. The minimum absolute atomic E-state index is 0.0381. The highest BCUT2D eigenvalue weighted by Gasteiger charge is 2.52. The third kappa shape index (κ3) is 8.62. The maximum Gasteiger partial charge on any atom is 0.0921 e. The van der Waals surface area contributed by atoms with Crippen molar-refractivity contribution in [2.75, 3.05) is 0 Å². The predicted molar refractivity (Wildman–Crippen MR) is 142 cm³/mol. The molecule has 6 atom stereocenters. The SMILES string of the molecule is CC(C)=CCC/C(C)=C\CC[C@@](C)(O)[C@@H]1CC[C@H]([C@]2(C)CC[C@@H]([C@](C)(O)CCC=C(C)C)O2)O1. The summed E-state index contributed by atoms with van der Waals surface area (Å²) in [5, 5.41) is 22.3. The maximum atomic E-state index is 11.2. The summed E-state index contributed by atoms with van der Waals surface area (Å²) in [5.74, 6) is 0. The summed E-state index contributed by atoms with van der Waals surface area (Å²) in [5.41, 5.74) is 1.92. The molecule has 0 aromatic heterocycles. The van der Waals surface area contributed by atoms with Crippen molar-refractivity contribution in [1.82, 2.24) is 0 Å². The molecule has 0 amide bonds. The summed E-state index contributed by atoms with van der Waals surface area (Å²) in [7, 11) is 0. The van der Waals surface area contributed by atoms with Gasteiger partial charge < -0.3 is 19.7 Å². The number of allylic oxidation sites excluding steroid dienone is 6. The van der Waals surface area contributed by atoms with E-state index in [1.54, 1.807) is 0 Å². The summed E-state index contributed by atoms with van der Waals surface area (Å²) in [6.45, 7) is 16.6. The van der Waals surface area contributed by atoms with Crippen LogP contribution >= 0.6 is 0 Å². The minimum Gasteiger partial charge on any atom is -0.387 e. The number of aliphatic hydroxyl groups is 2. The zero-order valence-electron chi connectivity index (χ0n) is 23.2. The topological polar surface area (TPSA) is 58.9 Å². The highest BCUT2D eigenvalue weighted by atomic mass is 16.6. The Morgan fingerprint density at radius 3 is 2.00 bits per heavy atom. The van der Waals surface area contributed by atoms with Crippen molar-refractivity contribution in [3.63, 3.8) is 0 Å². The lowest BCUT2D eigenvalue weighted by Crippen LogP contribution is -2.46. The predicted octanol–water partition coefficient (Wildman–Crippen LogP) is 7.19. The Morgan fingerprint density at radius 1 is 0.824 bits per heavy atom. The van der Waals surface area contributed by atoms with Gasteiger partial charge in [-0.05, 0) is 120 Å². The third-order valence-corrected chi connectivity index (χ3v) is 7.84. The fraction of sp³-hybridized carbons (Fsp3) is 0.800. The summed E-state index contributed by atoms with van der Waals surface area (Å²) in [6, 6.07) is 0. The molecule has 0 bridgehead atoms. The first-order chi connectivity index (χ1) is 15.7. The van der Waals surface area contributed by atoms with E-state index >= 15 is 0 Å². The van der Waals surface area contributed by atoms with Crippen LogP contribution in [0.15, 0.2) is 34.9 Å². The maximum absolute atomic E-state index is 11.2. The van der Waals surface area contributed by atoms with Crippen molar-refractivity contribution in [3.8, 4) is 0 Å². The molecule has 34 heavy (non-hydrogen) atoms. The number of ether oxygens (including phenoxy) is 2. The monoisotopic (exact) mass is 476 g/mol. The van der Waals surface area contributed by atoms with E-state index in [2.05, 4.69) is 59.8 Å². The first-order valence-corrected chi connectivity index (χ1v) is 13.5. The molecule has 0 spiro atoms. The van der Waals surface area contributed by atoms with E-state index in [-0.39, 0.29) is 18.3 Å². The van der Waals surface area contributed by atoms with Gasteiger partial charge in [-0.15, -0.1) is 0 Å². The standard InChI is InChI=1S/C30H52O4/c1-22(2)12-9-14-24(5)15-11-20-28(6,31)25-16-17-27(33-25)30(8)21-18-26(34-30)29(7,32)19-10-13-23(3)4/h12-13,15,25-27,31-32H,9-11,14,16-21H2,1-8H3/b24-15-/t25-,26-,27+,28+,29+,30-/m0/s1. The number of hydrogen-bond donors (Lipinski definition) is 2. The Labute approximate surface area is 209 Å². The molecule has 0 saturated carbocycles. The van der Waals surface area contributed by atoms with Crippen molar-refractivity contribution in [1.29, 1.82) is 0 Å². The molecule has 0 aromatic carbocycles. The van der Waals surface area contributed by atoms with Gasteiger partial charge in [0, 0.05) is 0 Å². The van der Waals surface area contributed by atoms with E-state index in [1.807, 2.05) is 13.8 Å². The summed E-state index contributed by atoms with van der Waals surface area (Å²) >= 11 is 0. The van der Waals surface area contributed by atoms with E-state index < -0.39 is 16.8 Å². The van der Waals surface area contributed by atoms with Crippen LogP contribution in [0.2, 0.25) is 0 Å². The van der Waals surface area contributed by atoms with Gasteiger partial charge in [-0.1, -0.05) is 34.9 Å². The Balaban J connectivity index is 1.86. The summed E-state index contributed by atoms with van der Waals surface area (Å²) in [6.07, 6.45) is 15.1. The smallest absolute Gasteiger partial charge is 0.0921 e. The van der Waals surface area contributed by atoms with Gasteiger partial charge in [0.2, 0.25) is 0 Å². The van der Waals surface area contributed by atoms with E-state index in [9.17, 15) is 10.2 Å².